The highest BCUT2D eigenvalue weighted by molar-refractivity contribution is 5.89. The minimum atomic E-state index is -0.866. The zero-order chi connectivity index (χ0) is 26.2. The average molecular weight is 481 g/mol. The Bertz CT molecular complexity index is 606. The van der Waals surface area contributed by atoms with Crippen LogP contribution in [0, 0.1) is 17.8 Å². The van der Waals surface area contributed by atoms with Gasteiger partial charge in [-0.1, -0.05) is 38.8 Å². The Balaban J connectivity index is 4.70. The molecular formula is C29H52O5. The number of hydrogen-bond donors (Lipinski definition) is 1. The van der Waals surface area contributed by atoms with Gasteiger partial charge < -0.3 is 14.6 Å². The molecule has 0 aromatic carbocycles. The summed E-state index contributed by atoms with van der Waals surface area (Å²) in [5, 5.41) is 9.02. The first-order valence-corrected chi connectivity index (χ1v) is 13.1. The molecule has 0 aromatic heterocycles. The summed E-state index contributed by atoms with van der Waals surface area (Å²) in [6.45, 7) is 20.5. The molecule has 0 amide bonds. The number of ether oxygens (including phenoxy) is 2. The molecule has 0 radical (unpaired) electrons. The first kappa shape index (κ1) is 32.7. The van der Waals surface area contributed by atoms with Crippen molar-refractivity contribution in [2.24, 2.45) is 17.8 Å². The molecule has 0 aliphatic heterocycles. The smallest absolute Gasteiger partial charge is 0.167 e. The second-order valence-corrected chi connectivity index (χ2v) is 10.8. The van der Waals surface area contributed by atoms with Gasteiger partial charge in [0.2, 0.25) is 0 Å². The van der Waals surface area contributed by atoms with Crippen LogP contribution < -0.4 is 0 Å². The van der Waals surface area contributed by atoms with Crippen LogP contribution in [0.15, 0.2) is 25.3 Å². The Morgan fingerprint density at radius 2 is 1.21 bits per heavy atom. The zero-order valence-electron chi connectivity index (χ0n) is 22.9. The number of unbranched alkanes of at least 4 members (excludes halogenated alkanes) is 2. The van der Waals surface area contributed by atoms with Crippen molar-refractivity contribution in [1.82, 2.24) is 0 Å². The second kappa shape index (κ2) is 17.2. The molecule has 5 nitrogen and oxygen atoms in total. The van der Waals surface area contributed by atoms with Crippen LogP contribution in [0.1, 0.15) is 99.3 Å². The Hall–Kier alpha value is -1.30. The molecule has 1 N–H and O–H groups in total. The molecule has 0 spiro atoms. The molecule has 198 valence electrons. The van der Waals surface area contributed by atoms with Crippen molar-refractivity contribution in [3.63, 3.8) is 0 Å². The van der Waals surface area contributed by atoms with Crippen molar-refractivity contribution in [1.29, 1.82) is 0 Å². The number of aliphatic hydroxyl groups is 1. The molecule has 0 aromatic rings. The van der Waals surface area contributed by atoms with Crippen LogP contribution in [0.5, 0.6) is 0 Å². The zero-order valence-corrected chi connectivity index (χ0v) is 22.9. The van der Waals surface area contributed by atoms with Gasteiger partial charge in [0, 0.05) is 31.7 Å². The van der Waals surface area contributed by atoms with Gasteiger partial charge in [0.05, 0.1) is 0 Å². The third-order valence-electron chi connectivity index (χ3n) is 6.36. The highest BCUT2D eigenvalue weighted by atomic mass is 16.5. The van der Waals surface area contributed by atoms with E-state index in [9.17, 15) is 9.59 Å². The largest absolute Gasteiger partial charge is 0.396 e. The van der Waals surface area contributed by atoms with Crippen LogP contribution in [-0.2, 0) is 19.1 Å². The van der Waals surface area contributed by atoms with E-state index in [2.05, 4.69) is 27.0 Å². The molecule has 0 heterocycles. The third-order valence-corrected chi connectivity index (χ3v) is 6.36. The average Bonchev–Trinajstić information content (AvgIpc) is 2.76. The Morgan fingerprint density at radius 1 is 0.765 bits per heavy atom. The molecule has 0 fully saturated rings. The number of hydrogen-bond acceptors (Lipinski definition) is 5. The molecule has 2 atom stereocenters. The fraction of sp³-hybridized carbons (Fsp3) is 0.793. The topological polar surface area (TPSA) is 72.8 Å². The maximum absolute atomic E-state index is 13.1. The number of allylic oxidation sites excluding steroid dienone is 2. The van der Waals surface area contributed by atoms with Crippen molar-refractivity contribution < 1.29 is 24.2 Å². The number of Topliss-reactive ketones (excluding diaryl/α,β-unsaturated/α-hetero) is 2. The van der Waals surface area contributed by atoms with Gasteiger partial charge >= 0.3 is 0 Å². The summed E-state index contributed by atoms with van der Waals surface area (Å²) < 4.78 is 11.9. The van der Waals surface area contributed by atoms with Crippen LogP contribution >= 0.6 is 0 Å². The molecule has 0 aliphatic carbocycles. The number of rotatable bonds is 22. The molecule has 0 aliphatic rings. The summed E-state index contributed by atoms with van der Waals surface area (Å²) in [7, 11) is 0. The fourth-order valence-corrected chi connectivity index (χ4v) is 4.11. The van der Waals surface area contributed by atoms with E-state index in [1.165, 1.54) is 0 Å². The molecule has 0 rings (SSSR count). The van der Waals surface area contributed by atoms with E-state index in [4.69, 9.17) is 14.6 Å². The van der Waals surface area contributed by atoms with Crippen LogP contribution in [0.2, 0.25) is 0 Å². The van der Waals surface area contributed by atoms with Crippen molar-refractivity contribution >= 4 is 11.6 Å². The lowest BCUT2D eigenvalue weighted by molar-refractivity contribution is -0.145. The standard InChI is InChI=1S/C29H52O5/c1-9-15-24(17-11-13-20-30)26(31)28(5,6)33-21-14-12-18-25(16-10-2)27(32)29(7,8)34-22-19-23(3)4/h9-10,23-25,30H,1-2,11-22H2,3-8H3. The van der Waals surface area contributed by atoms with E-state index < -0.39 is 11.2 Å². The number of aliphatic hydroxyl groups excluding tert-OH is 1. The number of ketones is 2. The lowest BCUT2D eigenvalue weighted by Gasteiger charge is -2.29. The van der Waals surface area contributed by atoms with E-state index in [0.717, 1.165) is 38.5 Å². The van der Waals surface area contributed by atoms with E-state index in [0.29, 0.717) is 38.4 Å². The predicted octanol–water partition coefficient (Wildman–Crippen LogP) is 6.48. The van der Waals surface area contributed by atoms with Crippen molar-refractivity contribution in [2.75, 3.05) is 19.8 Å². The summed E-state index contributed by atoms with van der Waals surface area (Å²) in [4.78, 5) is 26.1. The van der Waals surface area contributed by atoms with Gasteiger partial charge in [-0.25, -0.2) is 0 Å². The molecule has 0 saturated heterocycles. The van der Waals surface area contributed by atoms with E-state index in [-0.39, 0.29) is 30.0 Å². The van der Waals surface area contributed by atoms with Crippen LogP contribution in [0.4, 0.5) is 0 Å². The Morgan fingerprint density at radius 3 is 1.62 bits per heavy atom. The van der Waals surface area contributed by atoms with Gasteiger partial charge in [-0.2, -0.15) is 0 Å². The van der Waals surface area contributed by atoms with Gasteiger partial charge in [-0.15, -0.1) is 13.2 Å². The van der Waals surface area contributed by atoms with Crippen LogP contribution in [-0.4, -0.2) is 47.7 Å². The first-order valence-electron chi connectivity index (χ1n) is 13.1. The van der Waals surface area contributed by atoms with Gasteiger partial charge in [0.25, 0.3) is 0 Å². The summed E-state index contributed by atoms with van der Waals surface area (Å²) in [5.41, 5.74) is -1.67. The summed E-state index contributed by atoms with van der Waals surface area (Å²) in [5.74, 6) is 0.503. The SMILES string of the molecule is C=CCC(CCCCO)C(=O)C(C)(C)OCCCCC(CC=C)C(=O)C(C)(C)OCCC(C)C. The minimum Gasteiger partial charge on any atom is -0.396 e. The highest BCUT2D eigenvalue weighted by Gasteiger charge is 2.35. The lowest BCUT2D eigenvalue weighted by atomic mass is 9.85. The predicted molar refractivity (Wildman–Crippen MR) is 141 cm³/mol. The maximum Gasteiger partial charge on any atom is 0.167 e. The fourth-order valence-electron chi connectivity index (χ4n) is 4.11. The molecule has 2 unspecified atom stereocenters. The number of carbonyl (C=O) groups excluding carboxylic acids is 2. The molecular weight excluding hydrogens is 428 g/mol. The maximum atomic E-state index is 13.1. The summed E-state index contributed by atoms with van der Waals surface area (Å²) in [6, 6.07) is 0. The minimum absolute atomic E-state index is 0.0883. The van der Waals surface area contributed by atoms with Gasteiger partial charge in [0.15, 0.2) is 11.6 Å². The normalized spacial score (nSPS) is 14.1. The third kappa shape index (κ3) is 13.0. The lowest BCUT2D eigenvalue weighted by Crippen LogP contribution is -2.40. The molecule has 34 heavy (non-hydrogen) atoms. The number of carbonyl (C=O) groups is 2. The van der Waals surface area contributed by atoms with Crippen molar-refractivity contribution in [2.45, 2.75) is 111 Å². The van der Waals surface area contributed by atoms with Gasteiger partial charge in [-0.05, 0) is 78.6 Å². The van der Waals surface area contributed by atoms with Gasteiger partial charge in [-0.3, -0.25) is 9.59 Å². The van der Waals surface area contributed by atoms with Crippen molar-refractivity contribution in [3.8, 4) is 0 Å². The Kier molecular flexibility index (Phi) is 16.5. The quantitative estimate of drug-likeness (QED) is 0.142. The van der Waals surface area contributed by atoms with E-state index >= 15 is 0 Å². The first-order chi connectivity index (χ1) is 15.9. The summed E-state index contributed by atoms with van der Waals surface area (Å²) in [6.07, 6.45) is 10.4. The van der Waals surface area contributed by atoms with Gasteiger partial charge in [0.1, 0.15) is 11.2 Å². The molecule has 5 heteroatoms. The second-order valence-electron chi connectivity index (χ2n) is 10.8. The van der Waals surface area contributed by atoms with Crippen molar-refractivity contribution in [3.05, 3.63) is 25.3 Å². The van der Waals surface area contributed by atoms with Crippen LogP contribution in [0.25, 0.3) is 0 Å². The summed E-state index contributed by atoms with van der Waals surface area (Å²) >= 11 is 0. The Labute approximate surface area is 209 Å². The molecule has 0 saturated carbocycles. The highest BCUT2D eigenvalue weighted by Crippen LogP contribution is 2.26. The monoisotopic (exact) mass is 480 g/mol. The van der Waals surface area contributed by atoms with E-state index in [1.807, 2.05) is 33.8 Å². The molecule has 0 bridgehead atoms. The van der Waals surface area contributed by atoms with Crippen LogP contribution in [0.3, 0.4) is 0 Å². The van der Waals surface area contributed by atoms with E-state index in [1.54, 1.807) is 6.08 Å².